The Kier molecular flexibility index (Phi) is 18.3. The minimum atomic E-state index is 0.963. The standard InChI is InChI=1S/C23H48/c1-5-7-9-10-11-12-13-15-19-23(4)21-17-14-16-20-22(3)18-8-6-2/h22-23H,5-21H2,1-4H3. The maximum Gasteiger partial charge on any atom is -0.0443 e. The SMILES string of the molecule is CCCCCCCCCCC(C)CCCCCC(C)CCCC. The lowest BCUT2D eigenvalue weighted by Crippen LogP contribution is -1.97. The van der Waals surface area contributed by atoms with Crippen molar-refractivity contribution in [2.45, 2.75) is 137 Å². The molecule has 0 aromatic carbocycles. The Labute approximate surface area is 149 Å². The second-order valence-electron chi connectivity index (χ2n) is 8.25. The molecule has 0 saturated heterocycles. The molecule has 2 atom stereocenters. The second-order valence-corrected chi connectivity index (χ2v) is 8.25. The van der Waals surface area contributed by atoms with Gasteiger partial charge in [0.25, 0.3) is 0 Å². The van der Waals surface area contributed by atoms with Gasteiger partial charge in [-0.3, -0.25) is 0 Å². The van der Waals surface area contributed by atoms with E-state index in [0.29, 0.717) is 0 Å². The van der Waals surface area contributed by atoms with E-state index < -0.39 is 0 Å². The van der Waals surface area contributed by atoms with E-state index in [0.717, 1.165) is 11.8 Å². The predicted molar refractivity (Wildman–Crippen MR) is 108 cm³/mol. The molecule has 140 valence electrons. The van der Waals surface area contributed by atoms with Crippen molar-refractivity contribution >= 4 is 0 Å². The summed E-state index contributed by atoms with van der Waals surface area (Å²) in [7, 11) is 0. The zero-order valence-corrected chi connectivity index (χ0v) is 17.2. The molecule has 0 aromatic heterocycles. The van der Waals surface area contributed by atoms with Gasteiger partial charge in [-0.25, -0.2) is 0 Å². The van der Waals surface area contributed by atoms with Gasteiger partial charge < -0.3 is 0 Å². The summed E-state index contributed by atoms with van der Waals surface area (Å²) in [5.41, 5.74) is 0. The monoisotopic (exact) mass is 324 g/mol. The van der Waals surface area contributed by atoms with Gasteiger partial charge >= 0.3 is 0 Å². The van der Waals surface area contributed by atoms with Crippen molar-refractivity contribution < 1.29 is 0 Å². The van der Waals surface area contributed by atoms with Crippen molar-refractivity contribution in [1.82, 2.24) is 0 Å². The van der Waals surface area contributed by atoms with Crippen LogP contribution in [-0.2, 0) is 0 Å². The third-order valence-electron chi connectivity index (χ3n) is 5.49. The van der Waals surface area contributed by atoms with E-state index in [2.05, 4.69) is 27.7 Å². The minimum Gasteiger partial charge on any atom is -0.0654 e. The van der Waals surface area contributed by atoms with Gasteiger partial charge in [0.1, 0.15) is 0 Å². The first-order valence-corrected chi connectivity index (χ1v) is 11.2. The molecular weight excluding hydrogens is 276 g/mol. The summed E-state index contributed by atoms with van der Waals surface area (Å²) >= 11 is 0. The summed E-state index contributed by atoms with van der Waals surface area (Å²) in [5.74, 6) is 1.93. The van der Waals surface area contributed by atoms with Crippen LogP contribution in [0.3, 0.4) is 0 Å². The van der Waals surface area contributed by atoms with Gasteiger partial charge in [-0.1, -0.05) is 137 Å². The Bertz CT molecular complexity index is 208. The van der Waals surface area contributed by atoms with Crippen molar-refractivity contribution in [2.75, 3.05) is 0 Å². The summed E-state index contributed by atoms with van der Waals surface area (Å²) in [5, 5.41) is 0. The number of hydrogen-bond donors (Lipinski definition) is 0. The maximum absolute atomic E-state index is 2.48. The van der Waals surface area contributed by atoms with Crippen molar-refractivity contribution in [3.63, 3.8) is 0 Å². The molecule has 0 bridgehead atoms. The van der Waals surface area contributed by atoms with Crippen LogP contribution >= 0.6 is 0 Å². The maximum atomic E-state index is 2.48. The molecule has 0 amide bonds. The summed E-state index contributed by atoms with van der Waals surface area (Å²) in [6.45, 7) is 9.53. The van der Waals surface area contributed by atoms with E-state index >= 15 is 0 Å². The van der Waals surface area contributed by atoms with Gasteiger partial charge in [0.15, 0.2) is 0 Å². The molecule has 0 aliphatic rings. The average molecular weight is 325 g/mol. The third kappa shape index (κ3) is 18.2. The van der Waals surface area contributed by atoms with Gasteiger partial charge in [-0.05, 0) is 11.8 Å². The fourth-order valence-electron chi connectivity index (χ4n) is 3.63. The van der Waals surface area contributed by atoms with E-state index in [-0.39, 0.29) is 0 Å². The third-order valence-corrected chi connectivity index (χ3v) is 5.49. The first kappa shape index (κ1) is 23.0. The quantitative estimate of drug-likeness (QED) is 0.221. The Morgan fingerprint density at radius 1 is 0.391 bits per heavy atom. The van der Waals surface area contributed by atoms with Crippen LogP contribution in [0.4, 0.5) is 0 Å². The summed E-state index contributed by atoms with van der Waals surface area (Å²) in [6.07, 6.45) is 24.7. The lowest BCUT2D eigenvalue weighted by Gasteiger charge is -2.12. The van der Waals surface area contributed by atoms with Crippen LogP contribution in [-0.4, -0.2) is 0 Å². The summed E-state index contributed by atoms with van der Waals surface area (Å²) in [4.78, 5) is 0. The zero-order valence-electron chi connectivity index (χ0n) is 17.2. The minimum absolute atomic E-state index is 0.963. The van der Waals surface area contributed by atoms with Crippen LogP contribution in [0.5, 0.6) is 0 Å². The van der Waals surface area contributed by atoms with Crippen LogP contribution in [0.25, 0.3) is 0 Å². The first-order valence-electron chi connectivity index (χ1n) is 11.2. The molecule has 0 nitrogen and oxygen atoms in total. The molecule has 0 radical (unpaired) electrons. The zero-order chi connectivity index (χ0) is 17.2. The van der Waals surface area contributed by atoms with Crippen molar-refractivity contribution in [2.24, 2.45) is 11.8 Å². The van der Waals surface area contributed by atoms with Gasteiger partial charge in [0.2, 0.25) is 0 Å². The summed E-state index contributed by atoms with van der Waals surface area (Å²) < 4.78 is 0. The van der Waals surface area contributed by atoms with Crippen LogP contribution in [0.2, 0.25) is 0 Å². The topological polar surface area (TPSA) is 0 Å². The normalized spacial score (nSPS) is 14.1. The second kappa shape index (κ2) is 18.3. The molecule has 0 spiro atoms. The van der Waals surface area contributed by atoms with Crippen molar-refractivity contribution in [1.29, 1.82) is 0 Å². The van der Waals surface area contributed by atoms with E-state index in [1.165, 1.54) is 109 Å². The average Bonchev–Trinajstić information content (AvgIpc) is 2.55. The number of rotatable bonds is 18. The molecule has 0 aliphatic heterocycles. The number of hydrogen-bond acceptors (Lipinski definition) is 0. The predicted octanol–water partition coefficient (Wildman–Crippen LogP) is 8.93. The Morgan fingerprint density at radius 2 is 0.696 bits per heavy atom. The molecular formula is C23H48. The Hall–Kier alpha value is 0. The molecule has 23 heavy (non-hydrogen) atoms. The molecule has 0 heteroatoms. The van der Waals surface area contributed by atoms with Crippen LogP contribution in [0.1, 0.15) is 137 Å². The molecule has 0 heterocycles. The number of unbranched alkanes of at least 4 members (excludes halogenated alkanes) is 10. The smallest absolute Gasteiger partial charge is 0.0443 e. The van der Waals surface area contributed by atoms with Crippen LogP contribution < -0.4 is 0 Å². The van der Waals surface area contributed by atoms with Gasteiger partial charge in [0.05, 0.1) is 0 Å². The van der Waals surface area contributed by atoms with Crippen molar-refractivity contribution in [3.05, 3.63) is 0 Å². The lowest BCUT2D eigenvalue weighted by molar-refractivity contribution is 0.411. The lowest BCUT2D eigenvalue weighted by atomic mass is 9.94. The highest BCUT2D eigenvalue weighted by Crippen LogP contribution is 2.20. The van der Waals surface area contributed by atoms with Gasteiger partial charge in [-0.2, -0.15) is 0 Å². The molecule has 0 aliphatic carbocycles. The highest BCUT2D eigenvalue weighted by molar-refractivity contribution is 4.58. The fraction of sp³-hybridized carbons (Fsp3) is 1.00. The Morgan fingerprint density at radius 3 is 1.13 bits per heavy atom. The van der Waals surface area contributed by atoms with Crippen LogP contribution in [0.15, 0.2) is 0 Å². The molecule has 2 unspecified atom stereocenters. The van der Waals surface area contributed by atoms with E-state index in [4.69, 9.17) is 0 Å². The van der Waals surface area contributed by atoms with Gasteiger partial charge in [-0.15, -0.1) is 0 Å². The Balaban J connectivity index is 3.23. The molecule has 0 saturated carbocycles. The highest BCUT2D eigenvalue weighted by atomic mass is 14.1. The highest BCUT2D eigenvalue weighted by Gasteiger charge is 2.04. The molecule has 0 aromatic rings. The largest absolute Gasteiger partial charge is 0.0654 e. The van der Waals surface area contributed by atoms with Crippen LogP contribution in [0, 0.1) is 11.8 Å². The fourth-order valence-corrected chi connectivity index (χ4v) is 3.63. The van der Waals surface area contributed by atoms with E-state index in [1.807, 2.05) is 0 Å². The van der Waals surface area contributed by atoms with E-state index in [1.54, 1.807) is 0 Å². The van der Waals surface area contributed by atoms with Crippen molar-refractivity contribution in [3.8, 4) is 0 Å². The van der Waals surface area contributed by atoms with E-state index in [9.17, 15) is 0 Å². The molecule has 0 rings (SSSR count). The molecule has 0 fully saturated rings. The molecule has 0 N–H and O–H groups in total. The summed E-state index contributed by atoms with van der Waals surface area (Å²) in [6, 6.07) is 0. The first-order chi connectivity index (χ1) is 11.2. The van der Waals surface area contributed by atoms with Gasteiger partial charge in [0, 0.05) is 0 Å².